The van der Waals surface area contributed by atoms with Gasteiger partial charge in [-0.25, -0.2) is 19.3 Å². The van der Waals surface area contributed by atoms with Crippen LogP contribution in [0.3, 0.4) is 0 Å². The van der Waals surface area contributed by atoms with E-state index in [2.05, 4.69) is 25.6 Å². The Bertz CT molecular complexity index is 1100. The van der Waals surface area contributed by atoms with Crippen molar-refractivity contribution in [1.82, 2.24) is 15.0 Å². The van der Waals surface area contributed by atoms with Gasteiger partial charge in [0.15, 0.2) is 5.75 Å². The molecule has 0 radical (unpaired) electrons. The molecule has 0 aliphatic rings. The number of benzene rings is 1. The van der Waals surface area contributed by atoms with Crippen LogP contribution in [0, 0.1) is 12.7 Å². The number of aryl methyl sites for hydroxylation is 1. The first-order chi connectivity index (χ1) is 14.6. The maximum Gasteiger partial charge on any atom is 0.303 e. The molecule has 10 heteroatoms. The van der Waals surface area contributed by atoms with Gasteiger partial charge in [0.25, 0.3) is 0 Å². The average Bonchev–Trinajstić information content (AvgIpc) is 2.66. The van der Waals surface area contributed by atoms with Crippen LogP contribution in [0.5, 0.6) is 5.75 Å². The van der Waals surface area contributed by atoms with Gasteiger partial charge in [0.2, 0.25) is 11.7 Å². The third-order valence-electron chi connectivity index (χ3n) is 3.96. The molecule has 2 N–H and O–H groups in total. The van der Waals surface area contributed by atoms with Crippen LogP contribution >= 0.6 is 0 Å². The second-order valence-corrected chi connectivity index (χ2v) is 6.90. The number of ether oxygens (including phenoxy) is 1. The Morgan fingerprint density at radius 3 is 2.61 bits per heavy atom. The number of hydrogen-bond acceptors (Lipinski definition) is 6. The molecule has 2 aromatic heterocycles. The SMILES string of the molecule is CC(=O)Nc1cc(Nc2cc(C)nc(C(C)(F)F)n2)c(OCc2cccc(F)c2)cn1. The summed E-state index contributed by atoms with van der Waals surface area (Å²) in [6.07, 6.45) is 1.36. The van der Waals surface area contributed by atoms with E-state index in [-0.39, 0.29) is 29.9 Å². The summed E-state index contributed by atoms with van der Waals surface area (Å²) < 4.78 is 46.6. The minimum absolute atomic E-state index is 0.0364. The van der Waals surface area contributed by atoms with Crippen molar-refractivity contribution in [3.8, 4) is 5.75 Å². The van der Waals surface area contributed by atoms with Crippen LogP contribution in [0.4, 0.5) is 30.5 Å². The summed E-state index contributed by atoms with van der Waals surface area (Å²) in [5, 5.41) is 5.45. The van der Waals surface area contributed by atoms with Crippen LogP contribution in [0.15, 0.2) is 42.6 Å². The maximum atomic E-state index is 13.7. The van der Waals surface area contributed by atoms with E-state index in [1.807, 2.05) is 0 Å². The monoisotopic (exact) mass is 431 g/mol. The zero-order chi connectivity index (χ0) is 22.6. The van der Waals surface area contributed by atoms with Crippen molar-refractivity contribution >= 4 is 23.2 Å². The lowest BCUT2D eigenvalue weighted by Gasteiger charge is -2.16. The lowest BCUT2D eigenvalue weighted by atomic mass is 10.2. The van der Waals surface area contributed by atoms with E-state index in [4.69, 9.17) is 4.74 Å². The smallest absolute Gasteiger partial charge is 0.303 e. The molecule has 162 valence electrons. The molecule has 1 aromatic carbocycles. The fraction of sp³-hybridized carbons (Fsp3) is 0.238. The van der Waals surface area contributed by atoms with Crippen molar-refractivity contribution in [3.05, 3.63) is 65.5 Å². The van der Waals surface area contributed by atoms with E-state index in [9.17, 15) is 18.0 Å². The maximum absolute atomic E-state index is 13.7. The van der Waals surface area contributed by atoms with Crippen LogP contribution in [0.2, 0.25) is 0 Å². The molecule has 31 heavy (non-hydrogen) atoms. The summed E-state index contributed by atoms with van der Waals surface area (Å²) in [7, 11) is 0. The Balaban J connectivity index is 1.92. The highest BCUT2D eigenvalue weighted by atomic mass is 19.3. The van der Waals surface area contributed by atoms with Gasteiger partial charge in [0.05, 0.1) is 11.9 Å². The van der Waals surface area contributed by atoms with E-state index in [1.165, 1.54) is 37.4 Å². The van der Waals surface area contributed by atoms with Gasteiger partial charge in [-0.2, -0.15) is 8.78 Å². The van der Waals surface area contributed by atoms with Crippen molar-refractivity contribution in [2.45, 2.75) is 33.3 Å². The van der Waals surface area contributed by atoms with Gasteiger partial charge >= 0.3 is 5.92 Å². The summed E-state index contributed by atoms with van der Waals surface area (Å²) in [4.78, 5) is 23.1. The fourth-order valence-corrected chi connectivity index (χ4v) is 2.66. The number of amides is 1. The number of carbonyl (C=O) groups is 1. The summed E-state index contributed by atoms with van der Waals surface area (Å²) in [5.74, 6) is -4.01. The number of pyridine rings is 1. The summed E-state index contributed by atoms with van der Waals surface area (Å²) in [5.41, 5.74) is 1.24. The lowest BCUT2D eigenvalue weighted by molar-refractivity contribution is -0.114. The molecule has 0 aliphatic carbocycles. The molecule has 0 saturated carbocycles. The van der Waals surface area contributed by atoms with E-state index in [0.717, 1.165) is 0 Å². The lowest BCUT2D eigenvalue weighted by Crippen LogP contribution is -2.14. The van der Waals surface area contributed by atoms with Gasteiger partial charge in [0.1, 0.15) is 24.1 Å². The predicted octanol–water partition coefficient (Wildman–Crippen LogP) is 4.71. The van der Waals surface area contributed by atoms with Gasteiger partial charge in [-0.15, -0.1) is 0 Å². The third kappa shape index (κ3) is 6.14. The molecule has 3 rings (SSSR count). The normalized spacial score (nSPS) is 11.2. The van der Waals surface area contributed by atoms with E-state index in [0.29, 0.717) is 23.9 Å². The molecule has 0 aliphatic heterocycles. The minimum atomic E-state index is -3.22. The largest absolute Gasteiger partial charge is 0.485 e. The molecular formula is C21H20F3N5O2. The first-order valence-electron chi connectivity index (χ1n) is 9.26. The summed E-state index contributed by atoms with van der Waals surface area (Å²) in [6.45, 7) is 3.64. The van der Waals surface area contributed by atoms with E-state index in [1.54, 1.807) is 19.1 Å². The van der Waals surface area contributed by atoms with Crippen LogP contribution in [-0.2, 0) is 17.3 Å². The zero-order valence-corrected chi connectivity index (χ0v) is 17.0. The Hall–Kier alpha value is -3.69. The Morgan fingerprint density at radius 2 is 1.94 bits per heavy atom. The van der Waals surface area contributed by atoms with Gasteiger partial charge in [0, 0.05) is 31.7 Å². The number of anilines is 3. The molecule has 3 aromatic rings. The Morgan fingerprint density at radius 1 is 1.16 bits per heavy atom. The highest BCUT2D eigenvalue weighted by molar-refractivity contribution is 5.88. The zero-order valence-electron chi connectivity index (χ0n) is 17.0. The molecule has 7 nitrogen and oxygen atoms in total. The van der Waals surface area contributed by atoms with Gasteiger partial charge in [-0.1, -0.05) is 12.1 Å². The van der Waals surface area contributed by atoms with E-state index < -0.39 is 17.6 Å². The van der Waals surface area contributed by atoms with Crippen molar-refractivity contribution in [1.29, 1.82) is 0 Å². The number of nitrogens with one attached hydrogen (secondary N) is 2. The van der Waals surface area contributed by atoms with Crippen LogP contribution in [0.1, 0.15) is 30.9 Å². The highest BCUT2D eigenvalue weighted by Crippen LogP contribution is 2.31. The van der Waals surface area contributed by atoms with Crippen LogP contribution < -0.4 is 15.4 Å². The third-order valence-corrected chi connectivity index (χ3v) is 3.96. The Kier molecular flexibility index (Phi) is 6.38. The second kappa shape index (κ2) is 8.99. The topological polar surface area (TPSA) is 89.0 Å². The van der Waals surface area contributed by atoms with Crippen molar-refractivity contribution in [2.75, 3.05) is 10.6 Å². The molecule has 0 fully saturated rings. The molecule has 0 bridgehead atoms. The van der Waals surface area contributed by atoms with Gasteiger partial charge in [-0.3, -0.25) is 4.79 Å². The number of carbonyl (C=O) groups excluding carboxylic acids is 1. The first-order valence-corrected chi connectivity index (χ1v) is 9.26. The number of halogens is 3. The standard InChI is InChI=1S/C21H20F3N5O2/c1-12-7-19(29-20(26-12)21(3,23)24)28-16-9-18(27-13(2)30)25-10-17(16)31-11-14-5-4-6-15(22)8-14/h4-10H,11H2,1-3H3,(H2,25,26,27,28,29,30). The van der Waals surface area contributed by atoms with Crippen LogP contribution in [-0.4, -0.2) is 20.9 Å². The Labute approximate surface area is 176 Å². The molecule has 0 atom stereocenters. The molecule has 1 amide bonds. The molecule has 2 heterocycles. The number of aromatic nitrogens is 3. The van der Waals surface area contributed by atoms with Crippen molar-refractivity contribution in [3.63, 3.8) is 0 Å². The van der Waals surface area contributed by atoms with Gasteiger partial charge < -0.3 is 15.4 Å². The minimum Gasteiger partial charge on any atom is -0.485 e. The first kappa shape index (κ1) is 22.0. The fourth-order valence-electron chi connectivity index (χ4n) is 2.66. The highest BCUT2D eigenvalue weighted by Gasteiger charge is 2.29. The summed E-state index contributed by atoms with van der Waals surface area (Å²) >= 11 is 0. The number of rotatable bonds is 7. The number of hydrogen-bond donors (Lipinski definition) is 2. The molecule has 0 spiro atoms. The number of nitrogens with zero attached hydrogens (tertiary/aromatic N) is 3. The molecular weight excluding hydrogens is 411 g/mol. The van der Waals surface area contributed by atoms with E-state index >= 15 is 0 Å². The summed E-state index contributed by atoms with van der Waals surface area (Å²) in [6, 6.07) is 8.86. The van der Waals surface area contributed by atoms with Crippen molar-refractivity contribution < 1.29 is 22.7 Å². The second-order valence-electron chi connectivity index (χ2n) is 6.90. The molecule has 0 unspecified atom stereocenters. The van der Waals surface area contributed by atoms with Crippen molar-refractivity contribution in [2.24, 2.45) is 0 Å². The van der Waals surface area contributed by atoms with Crippen LogP contribution in [0.25, 0.3) is 0 Å². The molecule has 0 saturated heterocycles. The average molecular weight is 431 g/mol. The predicted molar refractivity (Wildman–Crippen MR) is 109 cm³/mol. The van der Waals surface area contributed by atoms with Gasteiger partial charge in [-0.05, 0) is 24.6 Å². The quantitative estimate of drug-likeness (QED) is 0.563. The number of alkyl halides is 2.